The van der Waals surface area contributed by atoms with Crippen molar-refractivity contribution >= 4 is 47.7 Å². The lowest BCUT2D eigenvalue weighted by Gasteiger charge is -2.27. The van der Waals surface area contributed by atoms with E-state index in [1.54, 1.807) is 53.7 Å². The van der Waals surface area contributed by atoms with Gasteiger partial charge in [-0.25, -0.2) is 9.59 Å². The molecule has 7 amide bonds. The second kappa shape index (κ2) is 20.3. The predicted octanol–water partition coefficient (Wildman–Crippen LogP) is 1.18. The molecule has 1 fully saturated rings. The third-order valence-electron chi connectivity index (χ3n) is 7.78. The molecule has 0 aromatic heterocycles. The van der Waals surface area contributed by atoms with Gasteiger partial charge < -0.3 is 51.4 Å². The number of nitrogens with two attached hydrogens (primary N) is 1. The van der Waals surface area contributed by atoms with Crippen molar-refractivity contribution in [2.45, 2.75) is 123 Å². The van der Waals surface area contributed by atoms with E-state index in [2.05, 4.69) is 26.6 Å². The molecule has 0 aliphatic carbocycles. The molecule has 7 N–H and O–H groups in total. The zero-order chi connectivity index (χ0) is 41.7. The molecule has 1 aliphatic rings. The number of hydrogen-bond donors (Lipinski definition) is 6. The van der Waals surface area contributed by atoms with Crippen molar-refractivity contribution < 1.29 is 52.6 Å². The molecular weight excluding hydrogens is 718 g/mol. The summed E-state index contributed by atoms with van der Waals surface area (Å²) in [6.45, 7) is 14.6. The Morgan fingerprint density at radius 2 is 1.38 bits per heavy atom. The molecular formula is C37H57N7O11. The number of hydrogen-bond acceptors (Lipinski definition) is 11. The van der Waals surface area contributed by atoms with Crippen LogP contribution in [-0.2, 0) is 44.7 Å². The summed E-state index contributed by atoms with van der Waals surface area (Å²) in [5, 5.41) is 12.6. The second-order valence-electron chi connectivity index (χ2n) is 15.7. The average molecular weight is 776 g/mol. The fourth-order valence-electron chi connectivity index (χ4n) is 5.36. The van der Waals surface area contributed by atoms with Crippen LogP contribution in [0.25, 0.3) is 0 Å². The second-order valence-corrected chi connectivity index (χ2v) is 15.7. The van der Waals surface area contributed by atoms with Crippen molar-refractivity contribution in [1.82, 2.24) is 31.5 Å². The minimum atomic E-state index is -1.20. The van der Waals surface area contributed by atoms with Crippen molar-refractivity contribution in [3.05, 3.63) is 29.8 Å². The van der Waals surface area contributed by atoms with Gasteiger partial charge in [0.2, 0.25) is 35.4 Å². The van der Waals surface area contributed by atoms with E-state index in [9.17, 15) is 38.4 Å². The highest BCUT2D eigenvalue weighted by atomic mass is 16.7. The van der Waals surface area contributed by atoms with Crippen LogP contribution in [0.15, 0.2) is 24.3 Å². The normalized spacial score (nSPS) is 15.8. The zero-order valence-electron chi connectivity index (χ0n) is 33.2. The molecule has 1 aromatic rings. The number of ether oxygens (including phenoxy) is 3. The molecule has 1 aromatic carbocycles. The van der Waals surface area contributed by atoms with E-state index in [1.807, 2.05) is 13.8 Å². The molecule has 1 heterocycles. The summed E-state index contributed by atoms with van der Waals surface area (Å²) in [6.07, 6.45) is -0.666. The number of amides is 7. The van der Waals surface area contributed by atoms with E-state index >= 15 is 0 Å². The lowest BCUT2D eigenvalue weighted by molar-refractivity contribution is -0.140. The number of alkyl carbamates (subject to hydrolysis) is 1. The maximum atomic E-state index is 13.4. The molecule has 0 unspecified atom stereocenters. The first-order valence-electron chi connectivity index (χ1n) is 18.2. The zero-order valence-corrected chi connectivity index (χ0v) is 33.2. The van der Waals surface area contributed by atoms with Gasteiger partial charge in [0.15, 0.2) is 0 Å². The maximum absolute atomic E-state index is 13.4. The first-order chi connectivity index (χ1) is 25.4. The molecule has 1 aliphatic heterocycles. The number of nitrogens with one attached hydrogen (secondary N) is 5. The van der Waals surface area contributed by atoms with Crippen LogP contribution in [0.4, 0.5) is 9.59 Å². The van der Waals surface area contributed by atoms with E-state index in [0.29, 0.717) is 18.4 Å². The fraction of sp³-hybridized carbons (Fsp3) is 0.622. The third-order valence-corrected chi connectivity index (χ3v) is 7.78. The first-order valence-corrected chi connectivity index (χ1v) is 18.2. The number of carbonyl (C=O) groups is 8. The van der Waals surface area contributed by atoms with Crippen molar-refractivity contribution in [2.24, 2.45) is 11.7 Å². The van der Waals surface area contributed by atoms with Crippen molar-refractivity contribution in [3.8, 4) is 5.75 Å². The maximum Gasteiger partial charge on any atom is 0.514 e. The Morgan fingerprint density at radius 1 is 0.782 bits per heavy atom. The quantitative estimate of drug-likeness (QED) is 0.103. The number of nitrogens with zero attached hydrogens (tertiary/aromatic N) is 1. The minimum absolute atomic E-state index is 0.0194. The molecule has 0 radical (unpaired) electrons. The molecule has 306 valence electrons. The fourth-order valence-corrected chi connectivity index (χ4v) is 5.36. The largest absolute Gasteiger partial charge is 0.514 e. The monoisotopic (exact) mass is 775 g/mol. The van der Waals surface area contributed by atoms with E-state index in [1.165, 1.54) is 24.0 Å². The van der Waals surface area contributed by atoms with Gasteiger partial charge in [-0.05, 0) is 91.3 Å². The Kier molecular flexibility index (Phi) is 16.9. The minimum Gasteiger partial charge on any atom is -0.444 e. The van der Waals surface area contributed by atoms with Crippen LogP contribution in [0.2, 0.25) is 0 Å². The van der Waals surface area contributed by atoms with Crippen LogP contribution in [-0.4, -0.2) is 108 Å². The van der Waals surface area contributed by atoms with Gasteiger partial charge >= 0.3 is 12.2 Å². The van der Waals surface area contributed by atoms with Crippen LogP contribution in [0.5, 0.6) is 5.75 Å². The first kappa shape index (κ1) is 45.7. The van der Waals surface area contributed by atoms with Gasteiger partial charge in [0.1, 0.15) is 41.1 Å². The summed E-state index contributed by atoms with van der Waals surface area (Å²) in [7, 11) is 0. The van der Waals surface area contributed by atoms with Gasteiger partial charge in [-0.1, -0.05) is 26.0 Å². The number of primary amides is 1. The van der Waals surface area contributed by atoms with Gasteiger partial charge in [-0.15, -0.1) is 0 Å². The number of likely N-dealkylation sites (tertiary alicyclic amines) is 1. The Bertz CT molecular complexity index is 1550. The van der Waals surface area contributed by atoms with Gasteiger partial charge in [0, 0.05) is 13.0 Å². The molecule has 1 saturated heterocycles. The van der Waals surface area contributed by atoms with Crippen molar-refractivity contribution in [3.63, 3.8) is 0 Å². The average Bonchev–Trinajstić information content (AvgIpc) is 3.54. The molecule has 2 rings (SSSR count). The van der Waals surface area contributed by atoms with Gasteiger partial charge in [-0.2, -0.15) is 0 Å². The molecule has 0 saturated carbocycles. The van der Waals surface area contributed by atoms with E-state index < -0.39 is 89.6 Å². The summed E-state index contributed by atoms with van der Waals surface area (Å²) in [5.74, 6) is -3.62. The highest BCUT2D eigenvalue weighted by Crippen LogP contribution is 2.19. The molecule has 0 spiro atoms. The number of carbonyl (C=O) groups excluding carboxylic acids is 8. The SMILES string of the molecule is CC(C)C[C@H](NC(=O)[C@H]1CCCN1C(=O)CNC(=O)[C@H](C)NC(=O)[C@@H](Cc1ccc(OC(=O)OC(C)(C)C)cc1)NC(=O)OC(C)(C)C)C(=O)NCC(N)=O. The summed E-state index contributed by atoms with van der Waals surface area (Å²) in [4.78, 5) is 103. The molecule has 4 atom stereocenters. The predicted molar refractivity (Wildman–Crippen MR) is 199 cm³/mol. The van der Waals surface area contributed by atoms with Gasteiger partial charge in [-0.3, -0.25) is 28.8 Å². The van der Waals surface area contributed by atoms with E-state index in [4.69, 9.17) is 19.9 Å². The summed E-state index contributed by atoms with van der Waals surface area (Å²) >= 11 is 0. The molecule has 18 nitrogen and oxygen atoms in total. The van der Waals surface area contributed by atoms with Crippen LogP contribution in [0, 0.1) is 5.92 Å². The van der Waals surface area contributed by atoms with Gasteiger partial charge in [0.05, 0.1) is 13.1 Å². The highest BCUT2D eigenvalue weighted by molar-refractivity contribution is 5.95. The van der Waals surface area contributed by atoms with Crippen LogP contribution in [0.1, 0.15) is 87.1 Å². The number of rotatable bonds is 16. The molecule has 18 heteroatoms. The Morgan fingerprint density at radius 3 is 1.95 bits per heavy atom. The van der Waals surface area contributed by atoms with Crippen LogP contribution >= 0.6 is 0 Å². The van der Waals surface area contributed by atoms with Crippen molar-refractivity contribution in [1.29, 1.82) is 0 Å². The Hall–Kier alpha value is -5.42. The number of benzene rings is 1. The Balaban J connectivity index is 2.05. The van der Waals surface area contributed by atoms with E-state index in [-0.39, 0.29) is 37.6 Å². The topological polar surface area (TPSA) is 254 Å². The van der Waals surface area contributed by atoms with Crippen LogP contribution < -0.4 is 37.1 Å². The van der Waals surface area contributed by atoms with Gasteiger partial charge in [0.25, 0.3) is 0 Å². The summed E-state index contributed by atoms with van der Waals surface area (Å²) in [6, 6.07) is 1.97. The van der Waals surface area contributed by atoms with E-state index in [0.717, 1.165) is 0 Å². The smallest absolute Gasteiger partial charge is 0.444 e. The standard InChI is InChI=1S/C37H57N7O11/c1-21(2)17-25(31(48)39-19-28(38)45)42-33(50)27-11-10-16-44(27)29(46)20-40-30(47)22(3)41-32(49)26(43-34(51)54-36(4,5)6)18-23-12-14-24(15-13-23)53-35(52)55-37(7,8)9/h12-15,21-22,25-27H,10-11,16-20H2,1-9H3,(H2,38,45)(H,39,48)(H,40,47)(H,41,49)(H,42,50)(H,43,51)/t22-,25-,26+,27+/m0/s1. The lowest BCUT2D eigenvalue weighted by Crippen LogP contribution is -2.56. The molecule has 0 bridgehead atoms. The summed E-state index contributed by atoms with van der Waals surface area (Å²) in [5.41, 5.74) is 4.08. The van der Waals surface area contributed by atoms with Crippen molar-refractivity contribution in [2.75, 3.05) is 19.6 Å². The van der Waals surface area contributed by atoms with Crippen LogP contribution in [0.3, 0.4) is 0 Å². The molecule has 55 heavy (non-hydrogen) atoms. The highest BCUT2D eigenvalue weighted by Gasteiger charge is 2.36. The third kappa shape index (κ3) is 17.1. The summed E-state index contributed by atoms with van der Waals surface area (Å²) < 4.78 is 15.7. The Labute approximate surface area is 321 Å². The lowest BCUT2D eigenvalue weighted by atomic mass is 10.0.